The van der Waals surface area contributed by atoms with Gasteiger partial charge in [0.2, 0.25) is 0 Å². The van der Waals surface area contributed by atoms with Gasteiger partial charge in [0, 0.05) is 21.7 Å². The SMILES string of the molecule is CC(C)(C)c1cccc(-c2cc(C(=O)CO)ccc2Cl)c1F. The largest absolute Gasteiger partial charge is 0.388 e. The Bertz CT molecular complexity index is 718. The normalized spacial score (nSPS) is 11.5. The zero-order chi connectivity index (χ0) is 16.5. The average Bonchev–Trinajstić information content (AvgIpc) is 2.46. The summed E-state index contributed by atoms with van der Waals surface area (Å²) in [7, 11) is 0. The molecule has 0 aliphatic rings. The van der Waals surface area contributed by atoms with Crippen molar-refractivity contribution in [2.24, 2.45) is 0 Å². The maximum atomic E-state index is 14.9. The number of aliphatic hydroxyl groups is 1. The molecular formula is C18H18ClFO2. The lowest BCUT2D eigenvalue weighted by atomic mass is 9.84. The molecule has 0 saturated heterocycles. The maximum Gasteiger partial charge on any atom is 0.188 e. The number of halogens is 2. The van der Waals surface area contributed by atoms with Gasteiger partial charge in [0.05, 0.1) is 0 Å². The molecule has 1 N–H and O–H groups in total. The van der Waals surface area contributed by atoms with Gasteiger partial charge in [0.25, 0.3) is 0 Å². The summed E-state index contributed by atoms with van der Waals surface area (Å²) in [6.45, 7) is 5.21. The van der Waals surface area contributed by atoms with Crippen LogP contribution in [0.25, 0.3) is 11.1 Å². The Balaban J connectivity index is 2.64. The highest BCUT2D eigenvalue weighted by atomic mass is 35.5. The summed E-state index contributed by atoms with van der Waals surface area (Å²) < 4.78 is 14.9. The summed E-state index contributed by atoms with van der Waals surface area (Å²) in [6, 6.07) is 9.74. The van der Waals surface area contributed by atoms with Crippen LogP contribution >= 0.6 is 11.6 Å². The van der Waals surface area contributed by atoms with Crippen molar-refractivity contribution in [2.45, 2.75) is 26.2 Å². The van der Waals surface area contributed by atoms with Gasteiger partial charge in [0.1, 0.15) is 12.4 Å². The van der Waals surface area contributed by atoms with E-state index < -0.39 is 12.4 Å². The molecule has 0 unspecified atom stereocenters. The summed E-state index contributed by atoms with van der Waals surface area (Å²) in [5.41, 5.74) is 1.35. The van der Waals surface area contributed by atoms with Gasteiger partial charge >= 0.3 is 0 Å². The van der Waals surface area contributed by atoms with Crippen LogP contribution in [0.2, 0.25) is 5.02 Å². The second-order valence-electron chi connectivity index (χ2n) is 6.19. The summed E-state index contributed by atoms with van der Waals surface area (Å²) >= 11 is 6.18. The quantitative estimate of drug-likeness (QED) is 0.838. The number of hydrogen-bond acceptors (Lipinski definition) is 2. The molecule has 0 bridgehead atoms. The third kappa shape index (κ3) is 3.21. The fourth-order valence-corrected chi connectivity index (χ4v) is 2.53. The number of hydrogen-bond donors (Lipinski definition) is 1. The van der Waals surface area contributed by atoms with Crippen molar-refractivity contribution in [3.8, 4) is 11.1 Å². The van der Waals surface area contributed by atoms with Crippen LogP contribution in [0.5, 0.6) is 0 Å². The molecule has 2 rings (SSSR count). The van der Waals surface area contributed by atoms with Crippen LogP contribution < -0.4 is 0 Å². The van der Waals surface area contributed by atoms with Crippen LogP contribution in [-0.2, 0) is 5.41 Å². The minimum Gasteiger partial charge on any atom is -0.388 e. The average molecular weight is 321 g/mol. The van der Waals surface area contributed by atoms with E-state index in [1.165, 1.54) is 12.1 Å². The Kier molecular flexibility index (Phi) is 4.69. The lowest BCUT2D eigenvalue weighted by Crippen LogP contribution is -2.14. The van der Waals surface area contributed by atoms with Crippen molar-refractivity contribution in [1.29, 1.82) is 0 Å². The Hall–Kier alpha value is -1.71. The first-order chi connectivity index (χ1) is 10.3. The van der Waals surface area contributed by atoms with Crippen LogP contribution in [0.3, 0.4) is 0 Å². The molecular weight excluding hydrogens is 303 g/mol. The summed E-state index contributed by atoms with van der Waals surface area (Å²) in [4.78, 5) is 11.6. The third-order valence-electron chi connectivity index (χ3n) is 3.53. The minimum atomic E-state index is -0.592. The number of carbonyl (C=O) groups is 1. The van der Waals surface area contributed by atoms with E-state index in [2.05, 4.69) is 0 Å². The molecule has 0 spiro atoms. The maximum absolute atomic E-state index is 14.9. The van der Waals surface area contributed by atoms with Crippen molar-refractivity contribution < 1.29 is 14.3 Å². The predicted octanol–water partition coefficient (Wildman–Crippen LogP) is 4.62. The fraction of sp³-hybridized carbons (Fsp3) is 0.278. The van der Waals surface area contributed by atoms with Crippen molar-refractivity contribution >= 4 is 17.4 Å². The third-order valence-corrected chi connectivity index (χ3v) is 3.86. The van der Waals surface area contributed by atoms with Crippen LogP contribution in [0.1, 0.15) is 36.7 Å². The van der Waals surface area contributed by atoms with Crippen LogP contribution in [0.4, 0.5) is 4.39 Å². The molecule has 0 aliphatic heterocycles. The van der Waals surface area contributed by atoms with Gasteiger partial charge in [0.15, 0.2) is 5.78 Å². The second kappa shape index (κ2) is 6.19. The summed E-state index contributed by atoms with van der Waals surface area (Å²) in [5, 5.41) is 9.33. The lowest BCUT2D eigenvalue weighted by molar-refractivity contribution is 0.0904. The van der Waals surface area contributed by atoms with E-state index in [4.69, 9.17) is 16.7 Å². The molecule has 0 atom stereocenters. The van der Waals surface area contributed by atoms with Crippen molar-refractivity contribution in [3.05, 3.63) is 58.4 Å². The van der Waals surface area contributed by atoms with Gasteiger partial charge in [-0.25, -0.2) is 4.39 Å². The van der Waals surface area contributed by atoms with Gasteiger partial charge in [-0.05, 0) is 29.2 Å². The molecule has 2 aromatic rings. The summed E-state index contributed by atoms with van der Waals surface area (Å²) in [5.74, 6) is -0.768. The number of Topliss-reactive ketones (excluding diaryl/α,β-unsaturated/α-hetero) is 1. The minimum absolute atomic E-state index is 0.308. The molecule has 2 nitrogen and oxygen atoms in total. The molecule has 0 aromatic heterocycles. The number of benzene rings is 2. The first-order valence-corrected chi connectivity index (χ1v) is 7.36. The second-order valence-corrected chi connectivity index (χ2v) is 6.60. The molecule has 0 fully saturated rings. The zero-order valence-corrected chi connectivity index (χ0v) is 13.5. The monoisotopic (exact) mass is 320 g/mol. The fourth-order valence-electron chi connectivity index (χ4n) is 2.32. The van der Waals surface area contributed by atoms with E-state index >= 15 is 0 Å². The zero-order valence-electron chi connectivity index (χ0n) is 12.8. The number of rotatable bonds is 3. The van der Waals surface area contributed by atoms with Crippen molar-refractivity contribution in [2.75, 3.05) is 6.61 Å². The van der Waals surface area contributed by atoms with Crippen LogP contribution in [0, 0.1) is 5.82 Å². The number of aliphatic hydroxyl groups excluding tert-OH is 1. The van der Waals surface area contributed by atoms with E-state index in [0.717, 1.165) is 0 Å². The van der Waals surface area contributed by atoms with Gasteiger partial charge < -0.3 is 5.11 Å². The molecule has 0 amide bonds. The van der Waals surface area contributed by atoms with Gasteiger partial charge in [-0.15, -0.1) is 0 Å². The van der Waals surface area contributed by atoms with Gasteiger partial charge in [-0.1, -0.05) is 50.6 Å². The molecule has 0 radical (unpaired) electrons. The predicted molar refractivity (Wildman–Crippen MR) is 87.0 cm³/mol. The lowest BCUT2D eigenvalue weighted by Gasteiger charge is -2.21. The Labute approximate surface area is 134 Å². The highest BCUT2D eigenvalue weighted by Crippen LogP contribution is 2.35. The van der Waals surface area contributed by atoms with Crippen LogP contribution in [0.15, 0.2) is 36.4 Å². The Morgan fingerprint density at radius 3 is 2.45 bits per heavy atom. The number of carbonyl (C=O) groups excluding carboxylic acids is 1. The van der Waals surface area contributed by atoms with E-state index in [9.17, 15) is 9.18 Å². The van der Waals surface area contributed by atoms with Crippen molar-refractivity contribution in [3.63, 3.8) is 0 Å². The Morgan fingerprint density at radius 2 is 1.86 bits per heavy atom. The van der Waals surface area contributed by atoms with Crippen molar-refractivity contribution in [1.82, 2.24) is 0 Å². The molecule has 22 heavy (non-hydrogen) atoms. The smallest absolute Gasteiger partial charge is 0.188 e. The van der Waals surface area contributed by atoms with E-state index in [0.29, 0.717) is 27.3 Å². The molecule has 0 heterocycles. The van der Waals surface area contributed by atoms with Crippen LogP contribution in [-0.4, -0.2) is 17.5 Å². The molecule has 116 valence electrons. The highest BCUT2D eigenvalue weighted by molar-refractivity contribution is 6.33. The highest BCUT2D eigenvalue weighted by Gasteiger charge is 2.22. The van der Waals surface area contributed by atoms with Gasteiger partial charge in [-0.2, -0.15) is 0 Å². The van der Waals surface area contributed by atoms with Gasteiger partial charge in [-0.3, -0.25) is 4.79 Å². The molecule has 4 heteroatoms. The molecule has 2 aromatic carbocycles. The van der Waals surface area contributed by atoms with E-state index in [1.54, 1.807) is 24.3 Å². The number of ketones is 1. The topological polar surface area (TPSA) is 37.3 Å². The summed E-state index contributed by atoms with van der Waals surface area (Å²) in [6.07, 6.45) is 0. The Morgan fingerprint density at radius 1 is 1.18 bits per heavy atom. The molecule has 0 saturated carbocycles. The molecule has 0 aliphatic carbocycles. The van der Waals surface area contributed by atoms with E-state index in [-0.39, 0.29) is 11.2 Å². The standard InChI is InChI=1S/C18H18ClFO2/c1-18(2,3)14-6-4-5-12(17(14)20)13-9-11(16(22)10-21)7-8-15(13)19/h4-9,21H,10H2,1-3H3. The first-order valence-electron chi connectivity index (χ1n) is 6.98. The first kappa shape index (κ1) is 16.7. The van der Waals surface area contributed by atoms with E-state index in [1.807, 2.05) is 20.8 Å².